The molecule has 1 aliphatic carbocycles. The van der Waals surface area contributed by atoms with Gasteiger partial charge < -0.3 is 0 Å². The van der Waals surface area contributed by atoms with Crippen LogP contribution < -0.4 is 0 Å². The van der Waals surface area contributed by atoms with E-state index in [0.29, 0.717) is 51.9 Å². The number of fused-ring (bicyclic) bond motifs is 2. The summed E-state index contributed by atoms with van der Waals surface area (Å²) in [6.07, 6.45) is 0. The summed E-state index contributed by atoms with van der Waals surface area (Å²) in [4.78, 5) is 26.5. The zero-order chi connectivity index (χ0) is 23.3. The van der Waals surface area contributed by atoms with Gasteiger partial charge in [-0.25, -0.2) is 8.42 Å². The number of nitrogens with zero attached hydrogens (tertiary/aromatic N) is 3. The molecule has 0 bridgehead atoms. The summed E-state index contributed by atoms with van der Waals surface area (Å²) in [5, 5.41) is 5.23. The maximum Gasteiger partial charge on any atom is 0.278 e. The summed E-state index contributed by atoms with van der Waals surface area (Å²) in [5.74, 6) is -0.497. The zero-order valence-electron chi connectivity index (χ0n) is 18.1. The van der Waals surface area contributed by atoms with E-state index in [0.717, 1.165) is 0 Å². The highest BCUT2D eigenvalue weighted by Gasteiger charge is 2.30. The molecule has 0 N–H and O–H groups in total. The quantitative estimate of drug-likeness (QED) is 0.397. The van der Waals surface area contributed by atoms with E-state index in [1.165, 1.54) is 33.3 Å². The zero-order valence-corrected chi connectivity index (χ0v) is 19.0. The van der Waals surface area contributed by atoms with Gasteiger partial charge in [-0.2, -0.15) is 14.1 Å². The molecule has 0 atom stereocenters. The molecule has 0 spiro atoms. The fourth-order valence-electron chi connectivity index (χ4n) is 4.34. The van der Waals surface area contributed by atoms with Crippen molar-refractivity contribution in [3.8, 4) is 11.3 Å². The minimum Gasteiger partial charge on any atom is -0.289 e. The lowest BCUT2D eigenvalue weighted by Gasteiger charge is -2.18. The number of aromatic nitrogens is 2. The maximum atomic E-state index is 13.4. The van der Waals surface area contributed by atoms with Gasteiger partial charge in [0.15, 0.2) is 5.78 Å². The molecule has 0 aliphatic heterocycles. The number of rotatable bonds is 5. The molecular formula is C25H21N3O4S. The average Bonchev–Trinajstić information content (AvgIpc) is 3.23. The SMILES string of the molecule is CCN(CC)S(=O)(=O)c1ccc(C(=O)n2nc3c4c(cccc42)C(=O)c2ccccc2-3)cc1. The van der Waals surface area contributed by atoms with Crippen LogP contribution in [0.4, 0.5) is 0 Å². The largest absolute Gasteiger partial charge is 0.289 e. The molecule has 4 aromatic rings. The first kappa shape index (κ1) is 21.2. The number of carbonyl (C=O) groups is 2. The van der Waals surface area contributed by atoms with Gasteiger partial charge in [0.2, 0.25) is 10.0 Å². The first-order valence-corrected chi connectivity index (χ1v) is 12.1. The summed E-state index contributed by atoms with van der Waals surface area (Å²) < 4.78 is 28.1. The monoisotopic (exact) mass is 459 g/mol. The summed E-state index contributed by atoms with van der Waals surface area (Å²) in [7, 11) is -3.62. The van der Waals surface area contributed by atoms with Crippen molar-refractivity contribution < 1.29 is 18.0 Å². The third-order valence-electron chi connectivity index (χ3n) is 6.02. The van der Waals surface area contributed by atoms with Gasteiger partial charge in [-0.1, -0.05) is 50.2 Å². The third kappa shape index (κ3) is 3.13. The minimum atomic E-state index is -3.62. The van der Waals surface area contributed by atoms with Crippen molar-refractivity contribution in [1.82, 2.24) is 14.1 Å². The first-order chi connectivity index (χ1) is 15.9. The molecule has 0 saturated carbocycles. The predicted molar refractivity (Wildman–Crippen MR) is 125 cm³/mol. The molecule has 0 amide bonds. The van der Waals surface area contributed by atoms with E-state index in [1.807, 2.05) is 12.1 Å². The average molecular weight is 460 g/mol. The molecule has 0 radical (unpaired) electrons. The molecule has 1 heterocycles. The van der Waals surface area contributed by atoms with Crippen molar-refractivity contribution in [2.45, 2.75) is 18.7 Å². The Kier molecular flexibility index (Phi) is 4.99. The highest BCUT2D eigenvalue weighted by molar-refractivity contribution is 7.89. The Morgan fingerprint density at radius 1 is 0.879 bits per heavy atom. The molecule has 1 aromatic heterocycles. The summed E-state index contributed by atoms with van der Waals surface area (Å²) in [6.45, 7) is 4.29. The van der Waals surface area contributed by atoms with Crippen LogP contribution in [-0.2, 0) is 10.0 Å². The van der Waals surface area contributed by atoms with E-state index in [-0.39, 0.29) is 10.7 Å². The van der Waals surface area contributed by atoms with Gasteiger partial charge >= 0.3 is 0 Å². The lowest BCUT2D eigenvalue weighted by atomic mass is 9.87. The molecule has 0 saturated heterocycles. The van der Waals surface area contributed by atoms with E-state index in [2.05, 4.69) is 5.10 Å². The third-order valence-corrected chi connectivity index (χ3v) is 8.08. The van der Waals surface area contributed by atoms with E-state index in [9.17, 15) is 18.0 Å². The molecule has 1 aliphatic rings. The molecule has 7 nitrogen and oxygen atoms in total. The van der Waals surface area contributed by atoms with Gasteiger partial charge in [0.1, 0.15) is 5.69 Å². The number of hydrogen-bond acceptors (Lipinski definition) is 5. The second kappa shape index (κ2) is 7.75. The number of carbonyl (C=O) groups excluding carboxylic acids is 2. The Morgan fingerprint density at radius 3 is 2.18 bits per heavy atom. The number of hydrogen-bond donors (Lipinski definition) is 0. The van der Waals surface area contributed by atoms with Gasteiger partial charge in [-0.3, -0.25) is 9.59 Å². The standard InChI is InChI=1S/C25H21N3O4S/c1-3-27(4-2)33(31,32)17-14-12-16(13-15-17)25(30)28-21-11-7-10-20-22(21)23(26-28)18-8-5-6-9-19(18)24(20)29/h5-15H,3-4H2,1-2H3. The summed E-state index contributed by atoms with van der Waals surface area (Å²) in [6, 6.07) is 18.3. The fourth-order valence-corrected chi connectivity index (χ4v) is 5.80. The van der Waals surface area contributed by atoms with Crippen LogP contribution in [0.15, 0.2) is 71.6 Å². The topological polar surface area (TPSA) is 89.3 Å². The summed E-state index contributed by atoms with van der Waals surface area (Å²) in [5.41, 5.74) is 3.19. The normalized spacial score (nSPS) is 12.9. The minimum absolute atomic E-state index is 0.0957. The maximum absolute atomic E-state index is 13.4. The molecule has 33 heavy (non-hydrogen) atoms. The predicted octanol–water partition coefficient (Wildman–Crippen LogP) is 3.97. The Morgan fingerprint density at radius 2 is 1.52 bits per heavy atom. The molecule has 8 heteroatoms. The van der Waals surface area contributed by atoms with Gasteiger partial charge in [0.05, 0.1) is 10.4 Å². The van der Waals surface area contributed by atoms with E-state index < -0.39 is 15.9 Å². The van der Waals surface area contributed by atoms with Crippen LogP contribution in [0, 0.1) is 0 Å². The van der Waals surface area contributed by atoms with E-state index in [4.69, 9.17) is 0 Å². The molecule has 0 fully saturated rings. The van der Waals surface area contributed by atoms with Crippen LogP contribution in [-0.4, -0.2) is 47.3 Å². The van der Waals surface area contributed by atoms with Crippen molar-refractivity contribution in [3.63, 3.8) is 0 Å². The van der Waals surface area contributed by atoms with Crippen molar-refractivity contribution in [2.24, 2.45) is 0 Å². The highest BCUT2D eigenvalue weighted by atomic mass is 32.2. The smallest absolute Gasteiger partial charge is 0.278 e. The second-order valence-corrected chi connectivity index (χ2v) is 9.69. The lowest BCUT2D eigenvalue weighted by molar-refractivity contribution is 0.0950. The molecule has 0 unspecified atom stereocenters. The van der Waals surface area contributed by atoms with E-state index in [1.54, 1.807) is 44.2 Å². The number of benzene rings is 3. The van der Waals surface area contributed by atoms with Gasteiger partial charge in [0.25, 0.3) is 5.91 Å². The van der Waals surface area contributed by atoms with Gasteiger partial charge in [-0.15, -0.1) is 0 Å². The van der Waals surface area contributed by atoms with Crippen LogP contribution in [0.1, 0.15) is 40.1 Å². The Bertz CT molecular complexity index is 1530. The van der Waals surface area contributed by atoms with Gasteiger partial charge in [0, 0.05) is 40.7 Å². The van der Waals surface area contributed by atoms with Crippen molar-refractivity contribution in [2.75, 3.05) is 13.1 Å². The van der Waals surface area contributed by atoms with Crippen LogP contribution in [0.2, 0.25) is 0 Å². The molecule has 3 aromatic carbocycles. The first-order valence-electron chi connectivity index (χ1n) is 10.7. The van der Waals surface area contributed by atoms with Crippen LogP contribution >= 0.6 is 0 Å². The summed E-state index contributed by atoms with van der Waals surface area (Å²) >= 11 is 0. The second-order valence-electron chi connectivity index (χ2n) is 7.75. The van der Waals surface area contributed by atoms with Crippen LogP contribution in [0.25, 0.3) is 22.2 Å². The molecule has 5 rings (SSSR count). The van der Waals surface area contributed by atoms with Crippen LogP contribution in [0.5, 0.6) is 0 Å². The highest BCUT2D eigenvalue weighted by Crippen LogP contribution is 2.38. The Balaban J connectivity index is 1.60. The van der Waals surface area contributed by atoms with E-state index >= 15 is 0 Å². The van der Waals surface area contributed by atoms with Crippen molar-refractivity contribution >= 4 is 32.6 Å². The van der Waals surface area contributed by atoms with Gasteiger partial charge in [-0.05, 0) is 30.3 Å². The Labute approximate surface area is 191 Å². The number of sulfonamides is 1. The van der Waals surface area contributed by atoms with Crippen molar-refractivity contribution in [1.29, 1.82) is 0 Å². The lowest BCUT2D eigenvalue weighted by Crippen LogP contribution is -2.30. The molecular weight excluding hydrogens is 438 g/mol. The Hall–Kier alpha value is -3.62. The van der Waals surface area contributed by atoms with Crippen LogP contribution in [0.3, 0.4) is 0 Å². The fraction of sp³-hybridized carbons (Fsp3) is 0.160. The van der Waals surface area contributed by atoms with Crippen molar-refractivity contribution in [3.05, 3.63) is 83.4 Å². The number of ketones is 1. The molecule has 166 valence electrons.